The molecule has 4 fully saturated rings. The van der Waals surface area contributed by atoms with Crippen LogP contribution in [0, 0.1) is 35.0 Å². The average Bonchev–Trinajstić information content (AvgIpc) is 2.22. The van der Waals surface area contributed by atoms with Gasteiger partial charge in [0.2, 0.25) is 6.41 Å². The van der Waals surface area contributed by atoms with Crippen LogP contribution in [0.25, 0.3) is 0 Å². The lowest BCUT2D eigenvalue weighted by molar-refractivity contribution is -0.480. The summed E-state index contributed by atoms with van der Waals surface area (Å²) in [7, 11) is 0. The molecule has 2 N–H and O–H groups in total. The van der Waals surface area contributed by atoms with Crippen molar-refractivity contribution in [3.05, 3.63) is 0 Å². The molecule has 0 aromatic carbocycles. The largest absolute Gasteiger partial charge is 0.390 e. The van der Waals surface area contributed by atoms with Gasteiger partial charge in [0.15, 0.2) is 0 Å². The summed E-state index contributed by atoms with van der Waals surface area (Å²) in [4.78, 5) is 10.7. The van der Waals surface area contributed by atoms with Gasteiger partial charge in [-0.3, -0.25) is 4.79 Å². The van der Waals surface area contributed by atoms with Crippen LogP contribution in [0.2, 0.25) is 0 Å². The van der Waals surface area contributed by atoms with Crippen LogP contribution in [0.3, 0.4) is 0 Å². The van der Waals surface area contributed by atoms with Crippen molar-refractivity contribution < 1.29 is 9.90 Å². The van der Waals surface area contributed by atoms with E-state index in [1.54, 1.807) is 0 Å². The van der Waals surface area contributed by atoms with Gasteiger partial charge in [0.25, 0.3) is 0 Å². The number of rotatable bonds is 3. The number of fused-ring (bicyclic) bond motifs is 2. The number of carbonyl (C=O) groups excluding carboxylic acids is 1. The van der Waals surface area contributed by atoms with Crippen LogP contribution in [0.5, 0.6) is 0 Å². The molecule has 4 aliphatic rings. The van der Waals surface area contributed by atoms with Gasteiger partial charge in [-0.25, -0.2) is 0 Å². The first-order valence-electron chi connectivity index (χ1n) is 6.34. The summed E-state index contributed by atoms with van der Waals surface area (Å²) in [5.74, 6) is 3.27. The molecule has 0 aromatic heterocycles. The molecule has 4 atom stereocenters. The second-order valence-electron chi connectivity index (χ2n) is 7.06. The third-order valence-electron chi connectivity index (χ3n) is 6.94. The van der Waals surface area contributed by atoms with Crippen molar-refractivity contribution in [1.82, 2.24) is 5.32 Å². The lowest BCUT2D eigenvalue weighted by Gasteiger charge is -2.97. The monoisotopic (exact) mass is 221 g/mol. The Hall–Kier alpha value is -0.570. The highest BCUT2D eigenvalue weighted by Crippen LogP contribution is 2.92. The first-order chi connectivity index (χ1) is 7.40. The van der Waals surface area contributed by atoms with Crippen molar-refractivity contribution in [2.75, 3.05) is 0 Å². The van der Waals surface area contributed by atoms with Crippen molar-refractivity contribution in [1.29, 1.82) is 0 Å². The van der Waals surface area contributed by atoms with E-state index in [0.29, 0.717) is 29.6 Å². The third-order valence-corrected chi connectivity index (χ3v) is 6.94. The van der Waals surface area contributed by atoms with Crippen molar-refractivity contribution in [2.45, 2.75) is 38.3 Å². The molecular weight excluding hydrogens is 202 g/mol. The van der Waals surface area contributed by atoms with E-state index in [4.69, 9.17) is 0 Å². The zero-order valence-electron chi connectivity index (χ0n) is 10.0. The minimum atomic E-state index is -0.580. The van der Waals surface area contributed by atoms with Crippen molar-refractivity contribution in [3.8, 4) is 0 Å². The molecule has 4 unspecified atom stereocenters. The molecule has 0 saturated heterocycles. The number of nitrogens with one attached hydrogen (secondary N) is 1. The standard InChI is InChI=1S/C13H19NO2/c1-11(2,16)12(3)8-6-4-7-9(12)10(8)13(6,7)14-5-15/h5-10,16H,4H2,1-3H3,(H,14,15). The lowest BCUT2D eigenvalue weighted by Crippen LogP contribution is -3.02. The van der Waals surface area contributed by atoms with E-state index in [9.17, 15) is 9.90 Å². The summed E-state index contributed by atoms with van der Waals surface area (Å²) in [5, 5.41) is 13.5. The Morgan fingerprint density at radius 1 is 1.31 bits per heavy atom. The number of carbonyl (C=O) groups is 1. The minimum absolute atomic E-state index is 0.0948. The van der Waals surface area contributed by atoms with Gasteiger partial charge in [-0.05, 0) is 49.9 Å². The van der Waals surface area contributed by atoms with E-state index in [1.165, 1.54) is 6.42 Å². The van der Waals surface area contributed by atoms with Gasteiger partial charge in [0.05, 0.1) is 5.60 Å². The van der Waals surface area contributed by atoms with Gasteiger partial charge in [-0.2, -0.15) is 0 Å². The van der Waals surface area contributed by atoms with E-state index < -0.39 is 5.60 Å². The summed E-state index contributed by atoms with van der Waals surface area (Å²) < 4.78 is 0. The molecule has 3 heteroatoms. The first kappa shape index (κ1) is 9.46. The number of hydrogen-bond donors (Lipinski definition) is 2. The molecule has 4 saturated carbocycles. The molecule has 1 amide bonds. The number of amides is 1. The van der Waals surface area contributed by atoms with E-state index in [2.05, 4.69) is 12.2 Å². The number of aliphatic hydroxyl groups is 1. The van der Waals surface area contributed by atoms with Crippen LogP contribution in [0.4, 0.5) is 0 Å². The molecule has 0 spiro atoms. The van der Waals surface area contributed by atoms with Crippen molar-refractivity contribution in [3.63, 3.8) is 0 Å². The highest BCUT2D eigenvalue weighted by Gasteiger charge is 2.95. The summed E-state index contributed by atoms with van der Waals surface area (Å²) >= 11 is 0. The predicted molar refractivity (Wildman–Crippen MR) is 58.4 cm³/mol. The highest BCUT2D eigenvalue weighted by atomic mass is 16.3. The Labute approximate surface area is 95.6 Å². The lowest BCUT2D eigenvalue weighted by atomic mass is 9.09. The maximum absolute atomic E-state index is 10.7. The fourth-order valence-electron chi connectivity index (χ4n) is 6.15. The topological polar surface area (TPSA) is 49.3 Å². The van der Waals surface area contributed by atoms with E-state index in [0.717, 1.165) is 6.41 Å². The van der Waals surface area contributed by atoms with Crippen LogP contribution in [0.1, 0.15) is 27.2 Å². The van der Waals surface area contributed by atoms with Gasteiger partial charge < -0.3 is 10.4 Å². The second kappa shape index (κ2) is 2.07. The molecule has 0 heterocycles. The quantitative estimate of drug-likeness (QED) is 0.692. The normalized spacial score (nSPS) is 64.1. The third kappa shape index (κ3) is 0.532. The fraction of sp³-hybridized carbons (Fsp3) is 0.923. The maximum atomic E-state index is 10.7. The number of hydrogen-bond acceptors (Lipinski definition) is 2. The molecular formula is C13H19NO2. The van der Waals surface area contributed by atoms with Crippen molar-refractivity contribution >= 4 is 6.41 Å². The van der Waals surface area contributed by atoms with Crippen LogP contribution in [0.15, 0.2) is 0 Å². The average molecular weight is 221 g/mol. The summed E-state index contributed by atoms with van der Waals surface area (Å²) in [6, 6.07) is 0. The Bertz CT molecular complexity index is 366. The molecule has 0 bridgehead atoms. The van der Waals surface area contributed by atoms with Crippen LogP contribution in [-0.2, 0) is 4.79 Å². The van der Waals surface area contributed by atoms with E-state index in [-0.39, 0.29) is 11.0 Å². The minimum Gasteiger partial charge on any atom is -0.390 e. The van der Waals surface area contributed by atoms with E-state index in [1.807, 2.05) is 13.8 Å². The molecule has 4 aliphatic carbocycles. The summed E-state index contributed by atoms with van der Waals surface area (Å²) in [6.45, 7) is 6.16. The van der Waals surface area contributed by atoms with Gasteiger partial charge in [0, 0.05) is 11.0 Å². The van der Waals surface area contributed by atoms with Gasteiger partial charge in [-0.15, -0.1) is 0 Å². The Morgan fingerprint density at radius 2 is 1.88 bits per heavy atom. The fourth-order valence-corrected chi connectivity index (χ4v) is 6.15. The van der Waals surface area contributed by atoms with Crippen LogP contribution >= 0.6 is 0 Å². The maximum Gasteiger partial charge on any atom is 0.207 e. The Balaban J connectivity index is 1.69. The molecule has 16 heavy (non-hydrogen) atoms. The van der Waals surface area contributed by atoms with Gasteiger partial charge >= 0.3 is 0 Å². The highest BCUT2D eigenvalue weighted by molar-refractivity contribution is 5.56. The van der Waals surface area contributed by atoms with Crippen molar-refractivity contribution in [2.24, 2.45) is 35.0 Å². The van der Waals surface area contributed by atoms with Gasteiger partial charge in [-0.1, -0.05) is 6.92 Å². The SMILES string of the molecule is CC(C)(O)C1(C)C2C3CC4C1C2C34NC=O. The molecule has 0 radical (unpaired) electrons. The molecule has 4 rings (SSSR count). The Morgan fingerprint density at radius 3 is 2.25 bits per heavy atom. The molecule has 88 valence electrons. The first-order valence-corrected chi connectivity index (χ1v) is 6.34. The zero-order chi connectivity index (χ0) is 11.5. The van der Waals surface area contributed by atoms with Gasteiger partial charge in [0.1, 0.15) is 0 Å². The molecule has 0 aromatic rings. The predicted octanol–water partition coefficient (Wildman–Crippen LogP) is 0.774. The zero-order valence-corrected chi connectivity index (χ0v) is 10.0. The Kier molecular flexibility index (Phi) is 1.23. The molecule has 0 aliphatic heterocycles. The van der Waals surface area contributed by atoms with E-state index >= 15 is 0 Å². The summed E-state index contributed by atoms with van der Waals surface area (Å²) in [5.41, 5.74) is -0.303. The molecule has 3 nitrogen and oxygen atoms in total. The second-order valence-corrected chi connectivity index (χ2v) is 7.06. The van der Waals surface area contributed by atoms with Crippen LogP contribution < -0.4 is 5.32 Å². The smallest absolute Gasteiger partial charge is 0.207 e. The van der Waals surface area contributed by atoms with Crippen LogP contribution in [-0.4, -0.2) is 22.7 Å². The summed E-state index contributed by atoms with van der Waals surface area (Å²) in [6.07, 6.45) is 2.16.